The average molecular weight is 298 g/mol. The van der Waals surface area contributed by atoms with Gasteiger partial charge in [-0.3, -0.25) is 4.79 Å². The van der Waals surface area contributed by atoms with Gasteiger partial charge in [-0.1, -0.05) is 0 Å². The van der Waals surface area contributed by atoms with Crippen LogP contribution in [0.5, 0.6) is 0 Å². The monoisotopic (exact) mass is 296 g/mol. The Kier molecular flexibility index (Phi) is 4.80. The molecule has 0 heterocycles. The number of hydrogen-bond donors (Lipinski definition) is 0. The molecule has 0 N–H and O–H groups in total. The predicted octanol–water partition coefficient (Wildman–Crippen LogP) is 1.86. The minimum Gasteiger partial charge on any atom is -0.340 e. The number of nitrogens with zero attached hydrogens (tertiary/aromatic N) is 2. The molecule has 0 saturated heterocycles. The standard InChI is InChI=1S/C7H10Br2N2O/c1-3-11(4-2)6(12)7(8,9)5-10/h3-4H2,1-2H3. The van der Waals surface area contributed by atoms with Crippen molar-refractivity contribution < 1.29 is 4.79 Å². The highest BCUT2D eigenvalue weighted by Crippen LogP contribution is 2.27. The van der Waals surface area contributed by atoms with E-state index in [2.05, 4.69) is 31.9 Å². The summed E-state index contributed by atoms with van der Waals surface area (Å²) in [4.78, 5) is 13.0. The number of carbonyl (C=O) groups excluding carboxylic acids is 1. The number of halogens is 2. The van der Waals surface area contributed by atoms with Crippen molar-refractivity contribution >= 4 is 37.8 Å². The summed E-state index contributed by atoms with van der Waals surface area (Å²) in [5.41, 5.74) is 0. The molecule has 0 radical (unpaired) electrons. The first-order valence-electron chi connectivity index (χ1n) is 3.58. The zero-order chi connectivity index (χ0) is 9.78. The van der Waals surface area contributed by atoms with Crippen molar-refractivity contribution in [3.63, 3.8) is 0 Å². The van der Waals surface area contributed by atoms with Crippen LogP contribution in [0, 0.1) is 11.3 Å². The molecule has 0 atom stereocenters. The van der Waals surface area contributed by atoms with Crippen molar-refractivity contribution in [2.24, 2.45) is 0 Å². The van der Waals surface area contributed by atoms with E-state index in [1.807, 2.05) is 19.9 Å². The van der Waals surface area contributed by atoms with Crippen LogP contribution >= 0.6 is 31.9 Å². The fraction of sp³-hybridized carbons (Fsp3) is 0.714. The fourth-order valence-corrected chi connectivity index (χ4v) is 1.26. The van der Waals surface area contributed by atoms with Gasteiger partial charge >= 0.3 is 0 Å². The van der Waals surface area contributed by atoms with Crippen LogP contribution in [0.4, 0.5) is 0 Å². The van der Waals surface area contributed by atoms with Gasteiger partial charge in [0, 0.05) is 13.1 Å². The second-order valence-corrected chi connectivity index (χ2v) is 5.61. The van der Waals surface area contributed by atoms with Crippen molar-refractivity contribution in [2.45, 2.75) is 17.1 Å². The molecule has 0 aliphatic heterocycles. The third-order valence-electron chi connectivity index (χ3n) is 1.46. The summed E-state index contributed by atoms with van der Waals surface area (Å²) in [6.45, 7) is 4.95. The van der Waals surface area contributed by atoms with Crippen LogP contribution in [-0.2, 0) is 4.79 Å². The first-order valence-corrected chi connectivity index (χ1v) is 5.16. The van der Waals surface area contributed by atoms with Crippen LogP contribution in [0.1, 0.15) is 13.8 Å². The molecule has 0 aliphatic rings. The predicted molar refractivity (Wildman–Crippen MR) is 54.1 cm³/mol. The Labute approximate surface area is 89.0 Å². The molecule has 0 aromatic rings. The van der Waals surface area contributed by atoms with Gasteiger partial charge in [0.25, 0.3) is 5.91 Å². The Morgan fingerprint density at radius 3 is 2.17 bits per heavy atom. The maximum atomic E-state index is 11.5. The zero-order valence-corrected chi connectivity index (χ0v) is 10.1. The van der Waals surface area contributed by atoms with Gasteiger partial charge in [-0.05, 0) is 45.7 Å². The molecule has 0 spiro atoms. The highest BCUT2D eigenvalue weighted by atomic mass is 79.9. The Bertz CT molecular complexity index is 206. The third-order valence-corrected chi connectivity index (χ3v) is 2.49. The topological polar surface area (TPSA) is 44.1 Å². The highest BCUT2D eigenvalue weighted by Gasteiger charge is 2.35. The second-order valence-electron chi connectivity index (χ2n) is 2.16. The summed E-state index contributed by atoms with van der Waals surface area (Å²) < 4.78 is -1.26. The number of rotatable bonds is 3. The molecule has 0 aliphatic carbocycles. The minimum atomic E-state index is -1.26. The van der Waals surface area contributed by atoms with Crippen molar-refractivity contribution in [3.8, 4) is 6.07 Å². The van der Waals surface area contributed by atoms with Crippen LogP contribution in [0.25, 0.3) is 0 Å². The van der Waals surface area contributed by atoms with Gasteiger partial charge in [-0.2, -0.15) is 5.26 Å². The quantitative estimate of drug-likeness (QED) is 0.747. The number of carbonyl (C=O) groups is 1. The molecule has 0 bridgehead atoms. The summed E-state index contributed by atoms with van der Waals surface area (Å²) in [6, 6.07) is 1.83. The highest BCUT2D eigenvalue weighted by molar-refractivity contribution is 9.26. The molecule has 5 heteroatoms. The van der Waals surface area contributed by atoms with Crippen LogP contribution in [-0.4, -0.2) is 27.1 Å². The summed E-state index contributed by atoms with van der Waals surface area (Å²) in [5, 5.41) is 8.61. The molecule has 12 heavy (non-hydrogen) atoms. The van der Waals surface area contributed by atoms with Gasteiger partial charge in [-0.15, -0.1) is 0 Å². The average Bonchev–Trinajstić information content (AvgIpc) is 2.06. The Balaban J connectivity index is 4.49. The van der Waals surface area contributed by atoms with Gasteiger partial charge < -0.3 is 4.90 Å². The first-order chi connectivity index (χ1) is 5.49. The van der Waals surface area contributed by atoms with E-state index in [4.69, 9.17) is 5.26 Å². The summed E-state index contributed by atoms with van der Waals surface area (Å²) in [6.07, 6.45) is 0. The maximum absolute atomic E-state index is 11.5. The number of alkyl halides is 2. The molecule has 0 aromatic carbocycles. The summed E-state index contributed by atoms with van der Waals surface area (Å²) >= 11 is 5.99. The zero-order valence-electron chi connectivity index (χ0n) is 6.97. The lowest BCUT2D eigenvalue weighted by Crippen LogP contribution is -2.40. The van der Waals surface area contributed by atoms with Crippen LogP contribution in [0.3, 0.4) is 0 Å². The van der Waals surface area contributed by atoms with E-state index in [1.54, 1.807) is 4.90 Å². The Hall–Kier alpha value is -0.0800. The minimum absolute atomic E-state index is 0.255. The third kappa shape index (κ3) is 2.76. The van der Waals surface area contributed by atoms with E-state index in [-0.39, 0.29) is 5.91 Å². The molecule has 0 fully saturated rings. The number of nitriles is 1. The molecular weight excluding hydrogens is 288 g/mol. The van der Waals surface area contributed by atoms with Crippen molar-refractivity contribution in [2.75, 3.05) is 13.1 Å². The normalized spacial score (nSPS) is 10.6. The molecule has 1 amide bonds. The summed E-state index contributed by atoms with van der Waals surface area (Å²) in [5.74, 6) is -0.255. The van der Waals surface area contributed by atoms with Gasteiger partial charge in [0.05, 0.1) is 0 Å². The Morgan fingerprint density at radius 1 is 1.50 bits per heavy atom. The molecule has 0 aromatic heterocycles. The van der Waals surface area contributed by atoms with Gasteiger partial charge in [0.2, 0.25) is 3.23 Å². The molecule has 0 saturated carbocycles. The summed E-state index contributed by atoms with van der Waals surface area (Å²) in [7, 11) is 0. The van der Waals surface area contributed by atoms with E-state index in [1.165, 1.54) is 0 Å². The molecule has 3 nitrogen and oxygen atoms in total. The molecular formula is C7H10Br2N2O. The van der Waals surface area contributed by atoms with E-state index in [9.17, 15) is 4.79 Å². The van der Waals surface area contributed by atoms with Crippen LogP contribution < -0.4 is 0 Å². The van der Waals surface area contributed by atoms with Crippen molar-refractivity contribution in [1.29, 1.82) is 5.26 Å². The van der Waals surface area contributed by atoms with Crippen molar-refractivity contribution in [1.82, 2.24) is 4.90 Å². The van der Waals surface area contributed by atoms with E-state index < -0.39 is 3.23 Å². The van der Waals surface area contributed by atoms with E-state index in [0.717, 1.165) is 0 Å². The second kappa shape index (κ2) is 4.83. The molecule has 0 rings (SSSR count). The van der Waals surface area contributed by atoms with Gasteiger partial charge in [0.1, 0.15) is 6.07 Å². The lowest BCUT2D eigenvalue weighted by Gasteiger charge is -2.22. The molecule has 68 valence electrons. The largest absolute Gasteiger partial charge is 0.340 e. The fourth-order valence-electron chi connectivity index (χ4n) is 0.757. The smallest absolute Gasteiger partial charge is 0.264 e. The van der Waals surface area contributed by atoms with E-state index in [0.29, 0.717) is 13.1 Å². The van der Waals surface area contributed by atoms with E-state index >= 15 is 0 Å². The number of amides is 1. The van der Waals surface area contributed by atoms with Crippen LogP contribution in [0.15, 0.2) is 0 Å². The SMILES string of the molecule is CCN(CC)C(=O)C(Br)(Br)C#N. The lowest BCUT2D eigenvalue weighted by atomic mass is 10.4. The van der Waals surface area contributed by atoms with Gasteiger partial charge in [0.15, 0.2) is 0 Å². The van der Waals surface area contributed by atoms with Crippen molar-refractivity contribution in [3.05, 3.63) is 0 Å². The number of hydrogen-bond acceptors (Lipinski definition) is 2. The van der Waals surface area contributed by atoms with Gasteiger partial charge in [-0.25, -0.2) is 0 Å². The lowest BCUT2D eigenvalue weighted by molar-refractivity contribution is -0.129. The first kappa shape index (κ1) is 11.9. The maximum Gasteiger partial charge on any atom is 0.264 e. The van der Waals surface area contributed by atoms with Crippen LogP contribution in [0.2, 0.25) is 0 Å². The Morgan fingerprint density at radius 2 is 1.92 bits per heavy atom. The molecule has 0 unspecified atom stereocenters.